The summed E-state index contributed by atoms with van der Waals surface area (Å²) in [4.78, 5) is 0. The number of aryl methyl sites for hydroxylation is 4. The summed E-state index contributed by atoms with van der Waals surface area (Å²) in [6.45, 7) is 4.55. The second-order valence-corrected chi connectivity index (χ2v) is 11.1. The molecule has 0 bridgehead atoms. The Hall–Kier alpha value is -3.52. The molecule has 0 unspecified atom stereocenters. The summed E-state index contributed by atoms with van der Waals surface area (Å²) in [5, 5.41) is 0. The first kappa shape index (κ1) is 28.5. The minimum atomic E-state index is 0.829. The summed E-state index contributed by atoms with van der Waals surface area (Å²) < 4.78 is 0. The Kier molecular flexibility index (Phi) is 10.7. The second kappa shape index (κ2) is 14.6. The first-order chi connectivity index (χ1) is 19.0. The van der Waals surface area contributed by atoms with Crippen LogP contribution in [-0.2, 0) is 38.5 Å². The lowest BCUT2D eigenvalue weighted by Gasteiger charge is -2.13. The highest BCUT2D eigenvalue weighted by atomic mass is 14.5. The van der Waals surface area contributed by atoms with Crippen LogP contribution in [0.25, 0.3) is 0 Å². The molecule has 0 spiro atoms. The Morgan fingerprint density at radius 3 is 1.18 bits per heavy atom. The maximum Gasteiger partial charge on any atom is 0.0314 e. The Morgan fingerprint density at radius 1 is 0.410 bits per heavy atom. The number of rotatable bonds is 14. The summed E-state index contributed by atoms with van der Waals surface area (Å²) in [7, 11) is 0. The summed E-state index contributed by atoms with van der Waals surface area (Å²) in [5.41, 5.74) is 24.9. The first-order valence-electron chi connectivity index (χ1n) is 14.9. The molecular formula is C37H46N2. The van der Waals surface area contributed by atoms with Gasteiger partial charge in [-0.05, 0) is 120 Å². The fourth-order valence-electron chi connectivity index (χ4n) is 5.56. The Balaban J connectivity index is 1.28. The van der Waals surface area contributed by atoms with Gasteiger partial charge in [0.2, 0.25) is 0 Å². The molecule has 0 saturated heterocycles. The van der Waals surface area contributed by atoms with Crippen LogP contribution in [-0.4, -0.2) is 0 Å². The molecule has 0 aliphatic carbocycles. The lowest BCUT2D eigenvalue weighted by molar-refractivity contribution is 0.677. The largest absolute Gasteiger partial charge is 0.399 e. The van der Waals surface area contributed by atoms with Crippen LogP contribution in [0, 0.1) is 0 Å². The van der Waals surface area contributed by atoms with Crippen LogP contribution in [0.3, 0.4) is 0 Å². The van der Waals surface area contributed by atoms with E-state index in [0.29, 0.717) is 0 Å². The number of nitrogen functional groups attached to an aromatic ring is 2. The van der Waals surface area contributed by atoms with Crippen molar-refractivity contribution in [3.05, 3.63) is 129 Å². The molecule has 0 aromatic heterocycles. The molecule has 204 valence electrons. The van der Waals surface area contributed by atoms with Gasteiger partial charge in [-0.2, -0.15) is 0 Å². The van der Waals surface area contributed by atoms with Crippen LogP contribution in [0.4, 0.5) is 11.4 Å². The molecule has 4 rings (SSSR count). The molecule has 2 heteroatoms. The van der Waals surface area contributed by atoms with E-state index >= 15 is 0 Å². The van der Waals surface area contributed by atoms with Crippen LogP contribution in [0.15, 0.2) is 84.9 Å². The Morgan fingerprint density at radius 2 is 0.795 bits per heavy atom. The summed E-state index contributed by atoms with van der Waals surface area (Å²) in [6.07, 6.45) is 12.7. The molecule has 0 fully saturated rings. The number of nitrogens with two attached hydrogens (primary N) is 2. The minimum Gasteiger partial charge on any atom is -0.399 e. The quantitative estimate of drug-likeness (QED) is 0.129. The van der Waals surface area contributed by atoms with E-state index in [1.165, 1.54) is 89.5 Å². The van der Waals surface area contributed by atoms with Crippen molar-refractivity contribution in [1.82, 2.24) is 0 Å². The van der Waals surface area contributed by atoms with E-state index in [1.807, 2.05) is 24.3 Å². The Bertz CT molecular complexity index is 1200. The number of anilines is 2. The van der Waals surface area contributed by atoms with E-state index in [4.69, 9.17) is 11.5 Å². The highest BCUT2D eigenvalue weighted by Crippen LogP contribution is 2.22. The van der Waals surface area contributed by atoms with Gasteiger partial charge in [0.1, 0.15) is 0 Å². The zero-order chi connectivity index (χ0) is 27.5. The van der Waals surface area contributed by atoms with E-state index in [-0.39, 0.29) is 0 Å². The van der Waals surface area contributed by atoms with Gasteiger partial charge in [0.15, 0.2) is 0 Å². The van der Waals surface area contributed by atoms with Crippen molar-refractivity contribution in [2.24, 2.45) is 0 Å². The summed E-state index contributed by atoms with van der Waals surface area (Å²) in [6, 6.07) is 31.0. The third-order valence-electron chi connectivity index (χ3n) is 7.76. The van der Waals surface area contributed by atoms with Gasteiger partial charge in [0.05, 0.1) is 0 Å². The van der Waals surface area contributed by atoms with Crippen LogP contribution in [0.1, 0.15) is 90.5 Å². The maximum atomic E-state index is 5.87. The van der Waals surface area contributed by atoms with Crippen LogP contribution < -0.4 is 11.5 Å². The van der Waals surface area contributed by atoms with Crippen molar-refractivity contribution < 1.29 is 0 Å². The molecule has 0 atom stereocenters. The van der Waals surface area contributed by atoms with Crippen LogP contribution in [0.2, 0.25) is 0 Å². The Labute approximate surface area is 236 Å². The number of unbranched alkanes of at least 4 members (excludes halogenated alkanes) is 2. The molecule has 4 N–H and O–H groups in total. The summed E-state index contributed by atoms with van der Waals surface area (Å²) in [5.74, 6) is 0. The van der Waals surface area contributed by atoms with Gasteiger partial charge in [0, 0.05) is 11.4 Å². The number of hydrogen-bond donors (Lipinski definition) is 2. The van der Waals surface area contributed by atoms with E-state index in [1.54, 1.807) is 0 Å². The van der Waals surface area contributed by atoms with E-state index in [9.17, 15) is 0 Å². The predicted octanol–water partition coefficient (Wildman–Crippen LogP) is 8.89. The molecule has 0 aliphatic rings. The van der Waals surface area contributed by atoms with Crippen molar-refractivity contribution in [3.63, 3.8) is 0 Å². The SMILES string of the molecule is CCCc1cc(CCCCCc2ccc(Cc3ccc(N)cc3)c(CCC)c2)ccc1Cc1ccc(N)cc1. The van der Waals surface area contributed by atoms with Crippen LogP contribution in [0.5, 0.6) is 0 Å². The van der Waals surface area contributed by atoms with Gasteiger partial charge in [-0.3, -0.25) is 0 Å². The standard InChI is InChI=1S/C37H46N2/c1-3-8-32-24-28(12-18-34(32)26-30-14-20-36(38)21-15-30)10-6-5-7-11-29-13-19-35(33(25-29)9-4-2)27-31-16-22-37(39)23-17-31/h12-25H,3-11,26-27,38-39H2,1-2H3. The smallest absolute Gasteiger partial charge is 0.0314 e. The number of hydrogen-bond acceptors (Lipinski definition) is 2. The van der Waals surface area contributed by atoms with Gasteiger partial charge in [-0.25, -0.2) is 0 Å². The monoisotopic (exact) mass is 518 g/mol. The normalized spacial score (nSPS) is 11.1. The highest BCUT2D eigenvalue weighted by Gasteiger charge is 2.08. The molecule has 2 nitrogen and oxygen atoms in total. The average Bonchev–Trinajstić information content (AvgIpc) is 2.94. The van der Waals surface area contributed by atoms with Crippen molar-refractivity contribution in [2.75, 3.05) is 11.5 Å². The second-order valence-electron chi connectivity index (χ2n) is 11.1. The number of benzene rings is 4. The van der Waals surface area contributed by atoms with E-state index in [0.717, 1.165) is 37.1 Å². The van der Waals surface area contributed by atoms with Crippen molar-refractivity contribution in [1.29, 1.82) is 0 Å². The predicted molar refractivity (Wildman–Crippen MR) is 169 cm³/mol. The van der Waals surface area contributed by atoms with E-state index in [2.05, 4.69) is 74.5 Å². The third kappa shape index (κ3) is 8.75. The minimum absolute atomic E-state index is 0.829. The summed E-state index contributed by atoms with van der Waals surface area (Å²) >= 11 is 0. The van der Waals surface area contributed by atoms with E-state index < -0.39 is 0 Å². The zero-order valence-electron chi connectivity index (χ0n) is 24.0. The fraction of sp³-hybridized carbons (Fsp3) is 0.351. The molecule has 39 heavy (non-hydrogen) atoms. The third-order valence-corrected chi connectivity index (χ3v) is 7.76. The van der Waals surface area contributed by atoms with Gasteiger partial charge in [-0.15, -0.1) is 0 Å². The molecule has 0 heterocycles. The molecule has 4 aromatic rings. The lowest BCUT2D eigenvalue weighted by Crippen LogP contribution is -1.99. The van der Waals surface area contributed by atoms with Gasteiger partial charge < -0.3 is 11.5 Å². The first-order valence-corrected chi connectivity index (χ1v) is 14.9. The van der Waals surface area contributed by atoms with Gasteiger partial charge >= 0.3 is 0 Å². The fourth-order valence-corrected chi connectivity index (χ4v) is 5.56. The zero-order valence-corrected chi connectivity index (χ0v) is 24.0. The van der Waals surface area contributed by atoms with Crippen LogP contribution >= 0.6 is 0 Å². The van der Waals surface area contributed by atoms with Crippen molar-refractivity contribution in [3.8, 4) is 0 Å². The van der Waals surface area contributed by atoms with Gasteiger partial charge in [0.25, 0.3) is 0 Å². The molecule has 0 amide bonds. The molecule has 0 saturated carbocycles. The van der Waals surface area contributed by atoms with Gasteiger partial charge in [-0.1, -0.05) is 93.8 Å². The van der Waals surface area contributed by atoms with Crippen molar-refractivity contribution >= 4 is 11.4 Å². The maximum absolute atomic E-state index is 5.87. The van der Waals surface area contributed by atoms with Crippen molar-refractivity contribution in [2.45, 2.75) is 84.5 Å². The highest BCUT2D eigenvalue weighted by molar-refractivity contribution is 5.43. The molecular weight excluding hydrogens is 472 g/mol. The molecule has 0 radical (unpaired) electrons. The topological polar surface area (TPSA) is 52.0 Å². The molecule has 0 aliphatic heterocycles. The molecule has 4 aromatic carbocycles. The lowest BCUT2D eigenvalue weighted by atomic mass is 9.92. The average molecular weight is 519 g/mol.